The molecule has 2 aromatic rings. The van der Waals surface area contributed by atoms with Crippen LogP contribution in [0.15, 0.2) is 36.8 Å². The van der Waals surface area contributed by atoms with Crippen molar-refractivity contribution in [1.82, 2.24) is 20.6 Å². The number of amides is 2. The molecule has 2 bridgehead atoms. The summed E-state index contributed by atoms with van der Waals surface area (Å²) in [5, 5.41) is 5.89. The average molecular weight is 391 g/mol. The summed E-state index contributed by atoms with van der Waals surface area (Å²) >= 11 is 5.60. The Morgan fingerprint density at radius 3 is 2.59 bits per heavy atom. The van der Waals surface area contributed by atoms with Gasteiger partial charge in [0.1, 0.15) is 17.3 Å². The molecule has 0 saturated heterocycles. The normalized spacial score (nSPS) is 25.0. The number of hydrogen-bond acceptors (Lipinski definition) is 5. The van der Waals surface area contributed by atoms with E-state index in [1.807, 2.05) is 0 Å². The van der Waals surface area contributed by atoms with Gasteiger partial charge in [-0.05, 0) is 31.4 Å². The largest absolute Gasteiger partial charge is 0.484 e. The van der Waals surface area contributed by atoms with E-state index < -0.39 is 5.82 Å². The zero-order chi connectivity index (χ0) is 19.1. The smallest absolute Gasteiger partial charge is 0.271 e. The van der Waals surface area contributed by atoms with Crippen LogP contribution < -0.4 is 15.4 Å². The molecule has 0 unspecified atom stereocenters. The number of hydrogen-bond donors (Lipinski definition) is 2. The summed E-state index contributed by atoms with van der Waals surface area (Å²) in [6.45, 7) is -0.220. The average Bonchev–Trinajstić information content (AvgIpc) is 2.60. The number of nitrogens with zero attached hydrogens (tertiary/aromatic N) is 2. The van der Waals surface area contributed by atoms with Gasteiger partial charge in [0.2, 0.25) is 0 Å². The van der Waals surface area contributed by atoms with E-state index in [9.17, 15) is 14.0 Å². The molecule has 2 amide bonds. The summed E-state index contributed by atoms with van der Waals surface area (Å²) < 4.78 is 18.6. The van der Waals surface area contributed by atoms with Crippen LogP contribution in [0.3, 0.4) is 0 Å². The molecule has 0 aliphatic heterocycles. The number of halogens is 2. The Kier molecular flexibility index (Phi) is 4.22. The van der Waals surface area contributed by atoms with Gasteiger partial charge in [0.25, 0.3) is 11.8 Å². The topological polar surface area (TPSA) is 93.2 Å². The van der Waals surface area contributed by atoms with Crippen LogP contribution in [-0.2, 0) is 4.79 Å². The van der Waals surface area contributed by atoms with Crippen LogP contribution >= 0.6 is 11.6 Å². The monoisotopic (exact) mass is 390 g/mol. The minimum absolute atomic E-state index is 0.00510. The molecule has 3 fully saturated rings. The van der Waals surface area contributed by atoms with Crippen molar-refractivity contribution >= 4 is 23.4 Å². The molecule has 1 aromatic heterocycles. The predicted molar refractivity (Wildman–Crippen MR) is 93.9 cm³/mol. The van der Waals surface area contributed by atoms with Crippen LogP contribution in [-0.4, -0.2) is 39.5 Å². The van der Waals surface area contributed by atoms with E-state index in [1.165, 1.54) is 30.7 Å². The van der Waals surface area contributed by atoms with Crippen molar-refractivity contribution in [2.75, 3.05) is 6.61 Å². The highest BCUT2D eigenvalue weighted by molar-refractivity contribution is 6.30. The Hall–Kier alpha value is -2.74. The Balaban J connectivity index is 1.24. The third kappa shape index (κ3) is 3.44. The zero-order valence-corrected chi connectivity index (χ0v) is 14.9. The van der Waals surface area contributed by atoms with Gasteiger partial charge in [-0.25, -0.2) is 9.37 Å². The second-order valence-corrected chi connectivity index (χ2v) is 7.46. The van der Waals surface area contributed by atoms with Crippen LogP contribution in [0.5, 0.6) is 5.75 Å². The van der Waals surface area contributed by atoms with Crippen LogP contribution in [0, 0.1) is 5.82 Å². The fourth-order valence-electron chi connectivity index (χ4n) is 3.82. The Bertz CT molecular complexity index is 889. The summed E-state index contributed by atoms with van der Waals surface area (Å²) in [5.74, 6) is -0.929. The van der Waals surface area contributed by atoms with E-state index in [-0.39, 0.29) is 46.0 Å². The number of carbonyl (C=O) groups excluding carboxylic acids is 2. The summed E-state index contributed by atoms with van der Waals surface area (Å²) in [6, 6.07) is 4.00. The highest BCUT2D eigenvalue weighted by atomic mass is 35.5. The predicted octanol–water partition coefficient (Wildman–Crippen LogP) is 1.87. The highest BCUT2D eigenvalue weighted by Crippen LogP contribution is 2.60. The van der Waals surface area contributed by atoms with Gasteiger partial charge < -0.3 is 15.4 Å². The van der Waals surface area contributed by atoms with Crippen molar-refractivity contribution in [2.45, 2.75) is 30.3 Å². The molecule has 5 rings (SSSR count). The second-order valence-electron chi connectivity index (χ2n) is 7.05. The Labute approximate surface area is 159 Å². The van der Waals surface area contributed by atoms with E-state index in [2.05, 4.69) is 20.6 Å². The first-order valence-electron chi connectivity index (χ1n) is 8.36. The highest BCUT2D eigenvalue weighted by Gasteiger charge is 2.69. The molecule has 27 heavy (non-hydrogen) atoms. The van der Waals surface area contributed by atoms with Gasteiger partial charge in [0, 0.05) is 29.5 Å². The first-order chi connectivity index (χ1) is 12.9. The van der Waals surface area contributed by atoms with E-state index in [4.69, 9.17) is 16.3 Å². The number of carbonyl (C=O) groups is 2. The van der Waals surface area contributed by atoms with Gasteiger partial charge in [-0.1, -0.05) is 11.6 Å². The van der Waals surface area contributed by atoms with Gasteiger partial charge in [-0.3, -0.25) is 14.6 Å². The summed E-state index contributed by atoms with van der Waals surface area (Å²) in [6.07, 6.45) is 6.36. The number of ether oxygens (including phenoxy) is 1. The molecule has 7 nitrogen and oxygen atoms in total. The van der Waals surface area contributed by atoms with Crippen molar-refractivity contribution in [1.29, 1.82) is 0 Å². The second kappa shape index (κ2) is 6.45. The molecule has 1 heterocycles. The van der Waals surface area contributed by atoms with Crippen LogP contribution in [0.1, 0.15) is 29.8 Å². The van der Waals surface area contributed by atoms with Crippen molar-refractivity contribution in [2.24, 2.45) is 0 Å². The Morgan fingerprint density at radius 2 is 1.93 bits per heavy atom. The lowest BCUT2D eigenvalue weighted by Gasteiger charge is -2.70. The third-order valence-electron chi connectivity index (χ3n) is 4.87. The quantitative estimate of drug-likeness (QED) is 0.785. The maximum Gasteiger partial charge on any atom is 0.271 e. The minimum Gasteiger partial charge on any atom is -0.484 e. The molecule has 140 valence electrons. The number of nitrogens with one attached hydrogen (secondary N) is 2. The first kappa shape index (κ1) is 17.7. The molecule has 0 radical (unpaired) electrons. The van der Waals surface area contributed by atoms with Crippen LogP contribution in [0.25, 0.3) is 0 Å². The van der Waals surface area contributed by atoms with E-state index >= 15 is 0 Å². The molecule has 1 aromatic carbocycles. The Morgan fingerprint density at radius 1 is 1.19 bits per heavy atom. The van der Waals surface area contributed by atoms with Crippen molar-refractivity contribution in [3.05, 3.63) is 53.3 Å². The van der Waals surface area contributed by atoms with Crippen molar-refractivity contribution in [3.8, 4) is 5.75 Å². The first-order valence-corrected chi connectivity index (χ1v) is 8.74. The van der Waals surface area contributed by atoms with Gasteiger partial charge in [0.05, 0.1) is 11.2 Å². The maximum absolute atomic E-state index is 13.4. The van der Waals surface area contributed by atoms with E-state index in [0.29, 0.717) is 19.3 Å². The molecule has 0 spiro atoms. The van der Waals surface area contributed by atoms with Gasteiger partial charge in [-0.15, -0.1) is 0 Å². The van der Waals surface area contributed by atoms with Crippen molar-refractivity contribution in [3.63, 3.8) is 0 Å². The molecule has 9 heteroatoms. The summed E-state index contributed by atoms with van der Waals surface area (Å²) in [5.41, 5.74) is -0.326. The number of aromatic nitrogens is 2. The summed E-state index contributed by atoms with van der Waals surface area (Å²) in [7, 11) is 0. The molecular formula is C18H16ClFN4O3. The van der Waals surface area contributed by atoms with Crippen LogP contribution in [0.4, 0.5) is 4.39 Å². The third-order valence-corrected chi connectivity index (χ3v) is 5.18. The molecule has 3 aliphatic rings. The van der Waals surface area contributed by atoms with E-state index in [0.717, 1.165) is 6.07 Å². The fourth-order valence-corrected chi connectivity index (χ4v) is 3.94. The molecule has 2 N–H and O–H groups in total. The van der Waals surface area contributed by atoms with Crippen LogP contribution in [0.2, 0.25) is 5.02 Å². The minimum atomic E-state index is -0.602. The van der Waals surface area contributed by atoms with Gasteiger partial charge in [-0.2, -0.15) is 0 Å². The molecule has 3 saturated carbocycles. The summed E-state index contributed by atoms with van der Waals surface area (Å²) in [4.78, 5) is 32.1. The lowest BCUT2D eigenvalue weighted by Crippen LogP contribution is -2.84. The lowest BCUT2D eigenvalue weighted by atomic mass is 9.44. The standard InChI is InChI=1S/C18H16ClFN4O3/c19-12-2-1-11(5-13(12)20)27-7-15(25)23-17-8-18(9-17,10-17)24-16(26)14-6-21-3-4-22-14/h1-6H,7-10H2,(H,23,25)(H,24,26). The molecular weight excluding hydrogens is 375 g/mol. The lowest BCUT2D eigenvalue weighted by molar-refractivity contribution is -0.141. The molecule has 3 aliphatic carbocycles. The fraction of sp³-hybridized carbons (Fsp3) is 0.333. The van der Waals surface area contributed by atoms with Gasteiger partial charge >= 0.3 is 0 Å². The van der Waals surface area contributed by atoms with E-state index in [1.54, 1.807) is 0 Å². The number of rotatable bonds is 6. The molecule has 0 atom stereocenters. The zero-order valence-electron chi connectivity index (χ0n) is 14.2. The SMILES string of the molecule is O=C(COc1ccc(Cl)c(F)c1)NC12CC(NC(=O)c3cnccn3)(C1)C2. The maximum atomic E-state index is 13.4. The van der Waals surface area contributed by atoms with Crippen molar-refractivity contribution < 1.29 is 18.7 Å². The number of benzene rings is 1. The van der Waals surface area contributed by atoms with Gasteiger partial charge in [0.15, 0.2) is 6.61 Å².